The zero-order chi connectivity index (χ0) is 27.8. The summed E-state index contributed by atoms with van der Waals surface area (Å²) in [7, 11) is -2.58. The molecule has 0 radical (unpaired) electrons. The van der Waals surface area contributed by atoms with Crippen LogP contribution in [0.25, 0.3) is 11.3 Å². The van der Waals surface area contributed by atoms with E-state index in [9.17, 15) is 35.2 Å². The Morgan fingerprint density at radius 1 is 1.23 bits per heavy atom. The van der Waals surface area contributed by atoms with Crippen molar-refractivity contribution in [3.63, 3.8) is 0 Å². The number of carbonyl (C=O) groups is 1. The van der Waals surface area contributed by atoms with E-state index in [1.54, 1.807) is 0 Å². The molecular weight excluding hydrogens is 596 g/mol. The zero-order valence-electron chi connectivity index (χ0n) is 20.0. The Hall–Kier alpha value is -2.79. The van der Waals surface area contributed by atoms with Crippen LogP contribution in [0.15, 0.2) is 35.5 Å². The molecule has 3 heterocycles. The third kappa shape index (κ3) is 6.51. The minimum Gasteiger partial charge on any atom is -0.323 e. The van der Waals surface area contributed by atoms with Gasteiger partial charge in [-0.05, 0) is 18.2 Å². The number of aromatic nitrogens is 4. The van der Waals surface area contributed by atoms with E-state index >= 15 is 0 Å². The number of hydrogen-bond acceptors (Lipinski definition) is 6. The molecule has 2 N–H and O–H groups in total. The van der Waals surface area contributed by atoms with Crippen LogP contribution in [0.1, 0.15) is 16.3 Å². The summed E-state index contributed by atoms with van der Waals surface area (Å²) in [6.07, 6.45) is -6.07. The standard InChI is InChI=1S/C21H21ClF5N7O3S.ClH/c1-32-15(13-10-33(11-17(23)24)31-18(13)21(25,26)27)9-29-19(32)20(35)30-12-2-3-16(14(22)8-12)38(36,37)34-6-4-28-5-7-34;/h2-3,8-10,17,28H,4-7,11H2,1H3,(H,30,35);1H. The summed E-state index contributed by atoms with van der Waals surface area (Å²) in [6, 6.07) is 3.79. The van der Waals surface area contributed by atoms with Crippen molar-refractivity contribution >= 4 is 45.6 Å². The molecule has 1 fully saturated rings. The fourth-order valence-electron chi connectivity index (χ4n) is 3.92. The van der Waals surface area contributed by atoms with Gasteiger partial charge in [0.15, 0.2) is 11.5 Å². The Labute approximate surface area is 230 Å². The van der Waals surface area contributed by atoms with E-state index in [0.717, 1.165) is 17.0 Å². The number of alkyl halides is 5. The van der Waals surface area contributed by atoms with Gasteiger partial charge < -0.3 is 15.2 Å². The van der Waals surface area contributed by atoms with Crippen molar-refractivity contribution in [1.82, 2.24) is 29.0 Å². The van der Waals surface area contributed by atoms with Crippen molar-refractivity contribution in [2.75, 3.05) is 31.5 Å². The Morgan fingerprint density at radius 3 is 2.49 bits per heavy atom. The summed E-state index contributed by atoms with van der Waals surface area (Å²) in [5.74, 6) is -1.13. The molecule has 10 nitrogen and oxygen atoms in total. The van der Waals surface area contributed by atoms with Crippen LogP contribution in [-0.4, -0.2) is 70.6 Å². The maximum Gasteiger partial charge on any atom is 0.435 e. The second-order valence-corrected chi connectivity index (χ2v) is 10.6. The highest BCUT2D eigenvalue weighted by Gasteiger charge is 2.39. The van der Waals surface area contributed by atoms with Crippen LogP contribution >= 0.6 is 24.0 Å². The molecule has 4 rings (SSSR count). The normalized spacial score (nSPS) is 14.9. The van der Waals surface area contributed by atoms with E-state index < -0.39 is 46.3 Å². The SMILES string of the molecule is Cl.Cn1c(-c2cn(CC(F)F)nc2C(F)(F)F)cnc1C(=O)Nc1ccc(S(=O)(=O)N2CCNCC2)c(Cl)c1. The molecule has 0 bridgehead atoms. The summed E-state index contributed by atoms with van der Waals surface area (Å²) in [5, 5.41) is 8.62. The minimum absolute atomic E-state index is 0. The molecule has 18 heteroatoms. The van der Waals surface area contributed by atoms with Crippen molar-refractivity contribution in [3.8, 4) is 11.3 Å². The van der Waals surface area contributed by atoms with Gasteiger partial charge in [-0.15, -0.1) is 12.4 Å². The van der Waals surface area contributed by atoms with Crippen molar-refractivity contribution in [2.24, 2.45) is 7.05 Å². The summed E-state index contributed by atoms with van der Waals surface area (Å²) in [6.45, 7) is 0.489. The van der Waals surface area contributed by atoms with Crippen LogP contribution in [0.4, 0.5) is 27.6 Å². The summed E-state index contributed by atoms with van der Waals surface area (Å²) in [5.41, 5.74) is -2.00. The van der Waals surface area contributed by atoms with Gasteiger partial charge in [0.2, 0.25) is 10.0 Å². The third-order valence-electron chi connectivity index (χ3n) is 5.71. The van der Waals surface area contributed by atoms with Gasteiger partial charge in [-0.1, -0.05) is 11.6 Å². The number of sulfonamides is 1. The maximum absolute atomic E-state index is 13.5. The predicted molar refractivity (Wildman–Crippen MR) is 134 cm³/mol. The number of nitrogens with zero attached hydrogens (tertiary/aromatic N) is 5. The van der Waals surface area contributed by atoms with Crippen molar-refractivity contribution in [1.29, 1.82) is 0 Å². The van der Waals surface area contributed by atoms with Gasteiger partial charge in [0.1, 0.15) is 11.4 Å². The second-order valence-electron chi connectivity index (χ2n) is 8.28. The summed E-state index contributed by atoms with van der Waals surface area (Å²) < 4.78 is 94.5. The van der Waals surface area contributed by atoms with Crippen LogP contribution in [0.3, 0.4) is 0 Å². The minimum atomic E-state index is -4.95. The van der Waals surface area contributed by atoms with Gasteiger partial charge in [-0.3, -0.25) is 9.48 Å². The van der Waals surface area contributed by atoms with E-state index in [2.05, 4.69) is 20.7 Å². The van der Waals surface area contributed by atoms with Gasteiger partial charge in [-0.2, -0.15) is 22.6 Å². The number of carbonyl (C=O) groups excluding carboxylic acids is 1. The quantitative estimate of drug-likeness (QED) is 0.392. The third-order valence-corrected chi connectivity index (χ3v) is 8.09. The number of benzene rings is 1. The Morgan fingerprint density at radius 2 is 1.90 bits per heavy atom. The Balaban J connectivity index is 0.00000420. The molecule has 0 atom stereocenters. The van der Waals surface area contributed by atoms with E-state index in [4.69, 9.17) is 11.6 Å². The molecule has 0 unspecified atom stereocenters. The number of halogens is 7. The fraction of sp³-hybridized carbons (Fsp3) is 0.381. The number of imidazole rings is 1. The highest BCUT2D eigenvalue weighted by Crippen LogP contribution is 2.36. The molecule has 214 valence electrons. The smallest absolute Gasteiger partial charge is 0.323 e. The molecule has 0 aliphatic carbocycles. The molecule has 0 saturated carbocycles. The number of amides is 1. The molecule has 39 heavy (non-hydrogen) atoms. The largest absolute Gasteiger partial charge is 0.435 e. The molecule has 1 aromatic carbocycles. The van der Waals surface area contributed by atoms with Gasteiger partial charge in [-0.25, -0.2) is 22.2 Å². The van der Waals surface area contributed by atoms with Crippen LogP contribution in [-0.2, 0) is 29.8 Å². The van der Waals surface area contributed by atoms with Gasteiger partial charge in [0, 0.05) is 45.1 Å². The van der Waals surface area contributed by atoms with Crippen LogP contribution < -0.4 is 10.6 Å². The number of hydrogen-bond donors (Lipinski definition) is 2. The lowest BCUT2D eigenvalue weighted by molar-refractivity contribution is -0.141. The summed E-state index contributed by atoms with van der Waals surface area (Å²) >= 11 is 6.21. The Kier molecular flexibility index (Phi) is 9.27. The lowest BCUT2D eigenvalue weighted by Gasteiger charge is -2.27. The summed E-state index contributed by atoms with van der Waals surface area (Å²) in [4.78, 5) is 16.6. The molecule has 1 amide bonds. The molecule has 2 aromatic heterocycles. The predicted octanol–water partition coefficient (Wildman–Crippen LogP) is 3.49. The van der Waals surface area contributed by atoms with E-state index in [1.807, 2.05) is 0 Å². The lowest BCUT2D eigenvalue weighted by atomic mass is 10.2. The lowest BCUT2D eigenvalue weighted by Crippen LogP contribution is -2.46. The topological polar surface area (TPSA) is 114 Å². The number of nitrogens with one attached hydrogen (secondary N) is 2. The van der Waals surface area contributed by atoms with Crippen LogP contribution in [0.2, 0.25) is 5.02 Å². The monoisotopic (exact) mass is 617 g/mol. The number of piperazine rings is 1. The van der Waals surface area contributed by atoms with Crippen LogP contribution in [0.5, 0.6) is 0 Å². The van der Waals surface area contributed by atoms with Gasteiger partial charge >= 0.3 is 6.18 Å². The van der Waals surface area contributed by atoms with Crippen LogP contribution in [0, 0.1) is 0 Å². The maximum atomic E-state index is 13.5. The average Bonchev–Trinajstić information content (AvgIpc) is 3.42. The highest BCUT2D eigenvalue weighted by molar-refractivity contribution is 7.89. The molecule has 1 aliphatic rings. The second kappa shape index (κ2) is 11.8. The van der Waals surface area contributed by atoms with E-state index in [1.165, 1.54) is 29.6 Å². The van der Waals surface area contributed by atoms with E-state index in [-0.39, 0.29) is 52.6 Å². The zero-order valence-corrected chi connectivity index (χ0v) is 22.4. The molecular formula is C21H22Cl2F5N7O3S. The van der Waals surface area contributed by atoms with Crippen molar-refractivity contribution < 1.29 is 35.2 Å². The first-order chi connectivity index (χ1) is 17.8. The fourth-order valence-corrected chi connectivity index (χ4v) is 5.88. The molecule has 0 spiro atoms. The van der Waals surface area contributed by atoms with E-state index in [0.29, 0.717) is 17.8 Å². The molecule has 1 saturated heterocycles. The van der Waals surface area contributed by atoms with Crippen molar-refractivity contribution in [2.45, 2.75) is 24.0 Å². The molecule has 3 aromatic rings. The first kappa shape index (κ1) is 30.7. The highest BCUT2D eigenvalue weighted by atomic mass is 35.5. The number of anilines is 1. The first-order valence-corrected chi connectivity index (χ1v) is 12.9. The Bertz CT molecular complexity index is 1450. The number of rotatable bonds is 7. The van der Waals surface area contributed by atoms with Gasteiger partial charge in [0.25, 0.3) is 12.3 Å². The average molecular weight is 618 g/mol. The van der Waals surface area contributed by atoms with Crippen molar-refractivity contribution in [3.05, 3.63) is 47.1 Å². The van der Waals surface area contributed by atoms with Gasteiger partial charge in [0.05, 0.1) is 22.5 Å². The first-order valence-electron chi connectivity index (χ1n) is 11.1. The molecule has 1 aliphatic heterocycles.